The smallest absolute Gasteiger partial charge is 0.255 e. The molecule has 2 aromatic rings. The molecule has 0 amide bonds. The van der Waals surface area contributed by atoms with Gasteiger partial charge in [0.05, 0.1) is 11.3 Å². The molecule has 1 aliphatic heterocycles. The Labute approximate surface area is 136 Å². The lowest BCUT2D eigenvalue weighted by Gasteiger charge is -2.35. The van der Waals surface area contributed by atoms with E-state index in [0.717, 1.165) is 10.8 Å². The van der Waals surface area contributed by atoms with Crippen LogP contribution < -0.4 is 10.3 Å². The van der Waals surface area contributed by atoms with E-state index < -0.39 is 5.60 Å². The van der Waals surface area contributed by atoms with Crippen LogP contribution in [0.5, 0.6) is 5.75 Å². The van der Waals surface area contributed by atoms with Gasteiger partial charge in [0.15, 0.2) is 6.29 Å². The number of halogens is 1. The molecule has 0 aliphatic carbocycles. The van der Waals surface area contributed by atoms with Crippen LogP contribution in [0.2, 0.25) is 0 Å². The van der Waals surface area contributed by atoms with Crippen molar-refractivity contribution in [3.63, 3.8) is 0 Å². The van der Waals surface area contributed by atoms with Crippen LogP contribution in [0.1, 0.15) is 19.4 Å². The third kappa shape index (κ3) is 2.31. The standard InChI is InChI=1S/C17H14BrNO3/c1-17(2)13(10-20)16(19-8-4-3-5-15(19)21)12-9-11(18)6-7-14(12)22-17/h3-10H,1-2H3. The molecule has 4 nitrogen and oxygen atoms in total. The Morgan fingerprint density at radius 3 is 2.68 bits per heavy atom. The highest BCUT2D eigenvalue weighted by molar-refractivity contribution is 9.10. The van der Waals surface area contributed by atoms with Gasteiger partial charge in [-0.25, -0.2) is 0 Å². The third-order valence-corrected chi connectivity index (χ3v) is 4.14. The van der Waals surface area contributed by atoms with Crippen LogP contribution in [0.3, 0.4) is 0 Å². The van der Waals surface area contributed by atoms with Gasteiger partial charge in [-0.3, -0.25) is 14.2 Å². The Hall–Kier alpha value is -2.14. The molecule has 1 aliphatic rings. The molecular formula is C17H14BrNO3. The molecule has 1 aromatic heterocycles. The summed E-state index contributed by atoms with van der Waals surface area (Å²) in [5.74, 6) is 0.643. The number of hydrogen-bond donors (Lipinski definition) is 0. The summed E-state index contributed by atoms with van der Waals surface area (Å²) in [6.45, 7) is 3.63. The molecule has 0 saturated heterocycles. The molecule has 0 saturated carbocycles. The molecule has 5 heteroatoms. The van der Waals surface area contributed by atoms with Crippen LogP contribution in [0, 0.1) is 0 Å². The van der Waals surface area contributed by atoms with Gasteiger partial charge < -0.3 is 4.74 Å². The van der Waals surface area contributed by atoms with Crippen molar-refractivity contribution in [2.24, 2.45) is 0 Å². The van der Waals surface area contributed by atoms with E-state index >= 15 is 0 Å². The summed E-state index contributed by atoms with van der Waals surface area (Å²) in [4.78, 5) is 23.9. The van der Waals surface area contributed by atoms with Crippen LogP contribution in [-0.2, 0) is 4.79 Å². The van der Waals surface area contributed by atoms with Gasteiger partial charge in [0.1, 0.15) is 11.4 Å². The molecule has 0 radical (unpaired) electrons. The zero-order valence-corrected chi connectivity index (χ0v) is 13.8. The maximum atomic E-state index is 12.2. The quantitative estimate of drug-likeness (QED) is 0.773. The second kappa shape index (κ2) is 5.25. The van der Waals surface area contributed by atoms with Crippen LogP contribution in [-0.4, -0.2) is 16.5 Å². The average Bonchev–Trinajstić information content (AvgIpc) is 2.47. The SMILES string of the molecule is CC1(C)Oc2ccc(Br)cc2C(n2ccccc2=O)=C1C=O. The normalized spacial score (nSPS) is 16.0. The zero-order valence-electron chi connectivity index (χ0n) is 12.2. The van der Waals surface area contributed by atoms with Gasteiger partial charge in [0.25, 0.3) is 5.56 Å². The first-order valence-electron chi connectivity index (χ1n) is 6.81. The maximum Gasteiger partial charge on any atom is 0.255 e. The number of carbonyl (C=O) groups excluding carboxylic acids is 1. The Kier molecular flexibility index (Phi) is 3.53. The van der Waals surface area contributed by atoms with Gasteiger partial charge in [-0.1, -0.05) is 22.0 Å². The van der Waals surface area contributed by atoms with E-state index in [1.165, 1.54) is 10.6 Å². The number of pyridine rings is 1. The van der Waals surface area contributed by atoms with Gasteiger partial charge >= 0.3 is 0 Å². The van der Waals surface area contributed by atoms with Crippen molar-refractivity contribution in [2.45, 2.75) is 19.4 Å². The monoisotopic (exact) mass is 359 g/mol. The number of nitrogens with zero attached hydrogens (tertiary/aromatic N) is 1. The Morgan fingerprint density at radius 2 is 2.00 bits per heavy atom. The van der Waals surface area contributed by atoms with Crippen molar-refractivity contribution in [2.75, 3.05) is 0 Å². The molecule has 3 rings (SSSR count). The van der Waals surface area contributed by atoms with Crippen molar-refractivity contribution >= 4 is 27.9 Å². The minimum Gasteiger partial charge on any atom is -0.482 e. The topological polar surface area (TPSA) is 48.3 Å². The number of fused-ring (bicyclic) bond motifs is 1. The minimum atomic E-state index is -0.812. The maximum absolute atomic E-state index is 12.2. The van der Waals surface area contributed by atoms with E-state index in [1.54, 1.807) is 18.3 Å². The largest absolute Gasteiger partial charge is 0.482 e. The van der Waals surface area contributed by atoms with Crippen LogP contribution in [0.25, 0.3) is 5.70 Å². The molecule has 22 heavy (non-hydrogen) atoms. The molecule has 0 bridgehead atoms. The zero-order chi connectivity index (χ0) is 15.9. The van der Waals surface area contributed by atoms with Crippen LogP contribution >= 0.6 is 15.9 Å². The lowest BCUT2D eigenvalue weighted by molar-refractivity contribution is -0.106. The van der Waals surface area contributed by atoms with Gasteiger partial charge in [0.2, 0.25) is 0 Å². The third-order valence-electron chi connectivity index (χ3n) is 3.65. The molecule has 0 unspecified atom stereocenters. The fourth-order valence-electron chi connectivity index (χ4n) is 2.61. The second-order valence-electron chi connectivity index (χ2n) is 5.54. The molecular weight excluding hydrogens is 346 g/mol. The van der Waals surface area contributed by atoms with E-state index in [4.69, 9.17) is 4.74 Å². The molecule has 0 atom stereocenters. The fraction of sp³-hybridized carbons (Fsp3) is 0.176. The molecule has 2 heterocycles. The molecule has 1 aromatic carbocycles. The van der Waals surface area contributed by atoms with Crippen molar-refractivity contribution in [1.82, 2.24) is 4.57 Å². The van der Waals surface area contributed by atoms with Crippen LogP contribution in [0.15, 0.2) is 57.4 Å². The predicted octanol–water partition coefficient (Wildman–Crippen LogP) is 3.24. The summed E-state index contributed by atoms with van der Waals surface area (Å²) in [7, 11) is 0. The number of rotatable bonds is 2. The average molecular weight is 360 g/mol. The number of ether oxygens (including phenoxy) is 1. The van der Waals surface area contributed by atoms with Crippen molar-refractivity contribution < 1.29 is 9.53 Å². The number of aldehydes is 1. The summed E-state index contributed by atoms with van der Waals surface area (Å²) >= 11 is 3.43. The van der Waals surface area contributed by atoms with Gasteiger partial charge in [0, 0.05) is 22.3 Å². The van der Waals surface area contributed by atoms with Gasteiger partial charge in [-0.2, -0.15) is 0 Å². The van der Waals surface area contributed by atoms with Gasteiger partial charge in [-0.05, 0) is 38.1 Å². The number of aromatic nitrogens is 1. The lowest BCUT2D eigenvalue weighted by atomic mass is 9.90. The summed E-state index contributed by atoms with van der Waals surface area (Å²) in [5.41, 5.74) is 0.705. The van der Waals surface area contributed by atoms with Crippen molar-refractivity contribution in [1.29, 1.82) is 0 Å². The highest BCUT2D eigenvalue weighted by Crippen LogP contribution is 2.41. The predicted molar refractivity (Wildman–Crippen MR) is 87.9 cm³/mol. The molecule has 0 spiro atoms. The highest BCUT2D eigenvalue weighted by atomic mass is 79.9. The van der Waals surface area contributed by atoms with Crippen molar-refractivity contribution in [3.05, 3.63) is 68.6 Å². The van der Waals surface area contributed by atoms with Crippen LogP contribution in [0.4, 0.5) is 0 Å². The molecule has 0 N–H and O–H groups in total. The van der Waals surface area contributed by atoms with E-state index in [9.17, 15) is 9.59 Å². The second-order valence-corrected chi connectivity index (χ2v) is 6.46. The minimum absolute atomic E-state index is 0.194. The van der Waals surface area contributed by atoms with E-state index in [0.29, 0.717) is 22.6 Å². The highest BCUT2D eigenvalue weighted by Gasteiger charge is 2.36. The summed E-state index contributed by atoms with van der Waals surface area (Å²) in [6.07, 6.45) is 2.42. The lowest BCUT2D eigenvalue weighted by Crippen LogP contribution is -2.38. The first-order chi connectivity index (χ1) is 10.4. The van der Waals surface area contributed by atoms with E-state index in [1.807, 2.05) is 32.0 Å². The van der Waals surface area contributed by atoms with E-state index in [2.05, 4.69) is 15.9 Å². The number of benzene rings is 1. The fourth-order valence-corrected chi connectivity index (χ4v) is 2.97. The molecule has 112 valence electrons. The number of hydrogen-bond acceptors (Lipinski definition) is 3. The Balaban J connectivity index is 2.42. The first-order valence-corrected chi connectivity index (χ1v) is 7.60. The van der Waals surface area contributed by atoms with Gasteiger partial charge in [-0.15, -0.1) is 0 Å². The van der Waals surface area contributed by atoms with E-state index in [-0.39, 0.29) is 5.56 Å². The summed E-state index contributed by atoms with van der Waals surface area (Å²) in [5, 5.41) is 0. The number of carbonyl (C=O) groups is 1. The van der Waals surface area contributed by atoms with Crippen molar-refractivity contribution in [3.8, 4) is 5.75 Å². The summed E-state index contributed by atoms with van der Waals surface area (Å²) < 4.78 is 8.28. The Morgan fingerprint density at radius 1 is 1.23 bits per heavy atom. The first kappa shape index (κ1) is 14.8. The summed E-state index contributed by atoms with van der Waals surface area (Å²) in [6, 6.07) is 10.4. The Bertz CT molecular complexity index is 849. The molecule has 0 fully saturated rings.